The fourth-order valence-electron chi connectivity index (χ4n) is 4.05. The van der Waals surface area contributed by atoms with Crippen LogP contribution in [-0.4, -0.2) is 73.3 Å². The van der Waals surface area contributed by atoms with Crippen LogP contribution in [0.1, 0.15) is 39.7 Å². The van der Waals surface area contributed by atoms with E-state index in [-0.39, 0.29) is 41.5 Å². The summed E-state index contributed by atoms with van der Waals surface area (Å²) < 4.78 is 60.3. The molecule has 0 saturated carbocycles. The maximum atomic E-state index is 14.2. The first-order valence-corrected chi connectivity index (χ1v) is 12.8. The second kappa shape index (κ2) is 8.90. The van der Waals surface area contributed by atoms with E-state index in [2.05, 4.69) is 10.1 Å². The lowest BCUT2D eigenvalue weighted by Gasteiger charge is -2.37. The molecule has 0 aliphatic carbocycles. The predicted octanol–water partition coefficient (Wildman–Crippen LogP) is 2.99. The van der Waals surface area contributed by atoms with Crippen molar-refractivity contribution < 1.29 is 36.3 Å². The highest BCUT2D eigenvalue weighted by atomic mass is 32.2. The molecule has 2 fully saturated rings. The van der Waals surface area contributed by atoms with Gasteiger partial charge in [-0.3, -0.25) is 0 Å². The van der Waals surface area contributed by atoms with Gasteiger partial charge in [0.25, 0.3) is 5.89 Å². The number of rotatable bonds is 5. The molecule has 2 aromatic rings. The van der Waals surface area contributed by atoms with E-state index in [9.17, 15) is 17.6 Å². The van der Waals surface area contributed by atoms with Crippen LogP contribution < -0.4 is 0 Å². The number of amides is 1. The summed E-state index contributed by atoms with van der Waals surface area (Å²) in [6, 6.07) is 3.64. The Hall–Kier alpha value is -2.57. The number of ether oxygens (including phenoxy) is 3. The molecular weight excluding hydrogens is 469 g/mol. The highest BCUT2D eigenvalue weighted by Gasteiger charge is 2.47. The Kier molecular flexibility index (Phi) is 6.42. The number of carbonyl (C=O) groups is 1. The number of likely N-dealkylation sites (tertiary alicyclic amines) is 1. The lowest BCUT2D eigenvalue weighted by molar-refractivity contribution is -0.0928. The van der Waals surface area contributed by atoms with Gasteiger partial charge in [-0.25, -0.2) is 17.6 Å². The van der Waals surface area contributed by atoms with Crippen LogP contribution in [0.25, 0.3) is 11.4 Å². The van der Waals surface area contributed by atoms with Gasteiger partial charge in [-0.05, 0) is 45.9 Å². The molecule has 1 amide bonds. The Morgan fingerprint density at radius 1 is 1.29 bits per heavy atom. The molecule has 2 unspecified atom stereocenters. The van der Waals surface area contributed by atoms with Gasteiger partial charge in [0.15, 0.2) is 9.84 Å². The van der Waals surface area contributed by atoms with Crippen LogP contribution in [0.3, 0.4) is 0 Å². The molecule has 0 radical (unpaired) electrons. The molecule has 4 atom stereocenters. The third-order valence-corrected chi connectivity index (χ3v) is 6.73. The molecule has 2 aliphatic rings. The van der Waals surface area contributed by atoms with Crippen molar-refractivity contribution >= 4 is 15.9 Å². The minimum absolute atomic E-state index is 0.0336. The van der Waals surface area contributed by atoms with E-state index < -0.39 is 32.3 Å². The zero-order valence-corrected chi connectivity index (χ0v) is 20.5. The van der Waals surface area contributed by atoms with Gasteiger partial charge in [0.1, 0.15) is 28.5 Å². The average molecular weight is 498 g/mol. The van der Waals surface area contributed by atoms with Crippen molar-refractivity contribution in [1.29, 1.82) is 0 Å². The molecule has 1 aromatic carbocycles. The first-order chi connectivity index (χ1) is 15.8. The van der Waals surface area contributed by atoms with Crippen molar-refractivity contribution in [3.8, 4) is 11.4 Å². The maximum absolute atomic E-state index is 14.2. The quantitative estimate of drug-likeness (QED) is 0.614. The summed E-state index contributed by atoms with van der Waals surface area (Å²) in [5.74, 6) is -0.616. The summed E-state index contributed by atoms with van der Waals surface area (Å²) in [4.78, 5) is 18.0. The van der Waals surface area contributed by atoms with Crippen LogP contribution in [0.2, 0.25) is 0 Å². The van der Waals surface area contributed by atoms with E-state index in [0.717, 1.165) is 12.3 Å². The molecule has 34 heavy (non-hydrogen) atoms. The fraction of sp³-hybridized carbons (Fsp3) is 0.591. The van der Waals surface area contributed by atoms with E-state index >= 15 is 0 Å². The number of sulfone groups is 1. The monoisotopic (exact) mass is 497 g/mol. The van der Waals surface area contributed by atoms with Gasteiger partial charge in [-0.15, -0.1) is 0 Å². The molecule has 10 nitrogen and oxygen atoms in total. The van der Waals surface area contributed by atoms with E-state index in [0.29, 0.717) is 19.7 Å². The van der Waals surface area contributed by atoms with Crippen LogP contribution in [0.15, 0.2) is 27.6 Å². The summed E-state index contributed by atoms with van der Waals surface area (Å²) in [5, 5.41) is 3.87. The molecule has 186 valence electrons. The van der Waals surface area contributed by atoms with E-state index in [1.54, 1.807) is 11.8 Å². The summed E-state index contributed by atoms with van der Waals surface area (Å²) in [5.41, 5.74) is -0.302. The molecular formula is C22H28FN3O7S. The second-order valence-corrected chi connectivity index (χ2v) is 11.6. The summed E-state index contributed by atoms with van der Waals surface area (Å²) in [7, 11) is -3.68. The van der Waals surface area contributed by atoms with Gasteiger partial charge < -0.3 is 23.6 Å². The Bertz CT molecular complexity index is 1160. The molecule has 0 spiro atoms. The Morgan fingerprint density at radius 2 is 2.03 bits per heavy atom. The van der Waals surface area contributed by atoms with E-state index in [4.69, 9.17) is 18.7 Å². The molecule has 2 saturated heterocycles. The largest absolute Gasteiger partial charge is 0.444 e. The summed E-state index contributed by atoms with van der Waals surface area (Å²) in [6.07, 6.45) is -0.601. The van der Waals surface area contributed by atoms with E-state index in [1.807, 2.05) is 20.8 Å². The van der Waals surface area contributed by atoms with Crippen molar-refractivity contribution in [3.63, 3.8) is 0 Å². The van der Waals surface area contributed by atoms with Crippen LogP contribution in [-0.2, 0) is 24.0 Å². The predicted molar refractivity (Wildman–Crippen MR) is 117 cm³/mol. The number of halogens is 1. The van der Waals surface area contributed by atoms with Crippen LogP contribution >= 0.6 is 0 Å². The van der Waals surface area contributed by atoms with Crippen molar-refractivity contribution in [2.24, 2.45) is 5.92 Å². The number of piperidine rings is 1. The smallest absolute Gasteiger partial charge is 0.410 e. The lowest BCUT2D eigenvalue weighted by atomic mass is 9.96. The van der Waals surface area contributed by atoms with E-state index in [1.165, 1.54) is 12.1 Å². The number of carbonyl (C=O) groups excluding carboxylic acids is 1. The summed E-state index contributed by atoms with van der Waals surface area (Å²) in [6.45, 7) is 8.47. The Labute approximate surface area is 197 Å². The fourth-order valence-corrected chi connectivity index (χ4v) is 4.78. The van der Waals surface area contributed by atoms with Crippen molar-refractivity contribution in [3.05, 3.63) is 29.9 Å². The van der Waals surface area contributed by atoms with Gasteiger partial charge in [0.2, 0.25) is 5.82 Å². The van der Waals surface area contributed by atoms with Gasteiger partial charge in [0.05, 0.1) is 19.3 Å². The van der Waals surface area contributed by atoms with Gasteiger partial charge in [-0.1, -0.05) is 5.16 Å². The first-order valence-electron chi connectivity index (χ1n) is 10.9. The number of aromatic nitrogens is 2. The van der Waals surface area contributed by atoms with Gasteiger partial charge in [-0.2, -0.15) is 4.98 Å². The number of benzene rings is 1. The van der Waals surface area contributed by atoms with Crippen LogP contribution in [0.4, 0.5) is 9.18 Å². The molecule has 1 aromatic heterocycles. The summed E-state index contributed by atoms with van der Waals surface area (Å²) >= 11 is 0. The standard InChI is InChI=1S/C22H28FN3O7S/c1-12(20-24-19(25-33-20)13-6-7-17(15(23)8-13)34(5,28)29)31-18-14-9-26(10-16(18)30-11-14)21(27)32-22(2,3)4/h6-8,12,14,16,18H,9-11H2,1-5H3/t12-,14?,16?,18+/m1/s1. The van der Waals surface area contributed by atoms with Gasteiger partial charge >= 0.3 is 6.09 Å². The zero-order valence-electron chi connectivity index (χ0n) is 19.6. The lowest BCUT2D eigenvalue weighted by Crippen LogP contribution is -2.52. The van der Waals surface area contributed by atoms with Crippen molar-refractivity contribution in [2.45, 2.75) is 56.5 Å². The molecule has 0 N–H and O–H groups in total. The highest BCUT2D eigenvalue weighted by molar-refractivity contribution is 7.90. The first kappa shape index (κ1) is 24.6. The van der Waals surface area contributed by atoms with Crippen LogP contribution in [0.5, 0.6) is 0 Å². The maximum Gasteiger partial charge on any atom is 0.410 e. The molecule has 2 aliphatic heterocycles. The number of fused-ring (bicyclic) bond motifs is 2. The number of nitrogens with zero attached hydrogens (tertiary/aromatic N) is 3. The minimum atomic E-state index is -3.68. The Morgan fingerprint density at radius 3 is 2.65 bits per heavy atom. The molecule has 3 heterocycles. The average Bonchev–Trinajstić information content (AvgIpc) is 3.28. The molecule has 2 bridgehead atoms. The SMILES string of the molecule is C[C@@H](O[C@H]1C2COC1CN(C(=O)OC(C)(C)C)C2)c1nc(-c2ccc(S(C)(=O)=O)c(F)c2)no1. The van der Waals surface area contributed by atoms with Gasteiger partial charge in [0, 0.05) is 24.3 Å². The van der Waals surface area contributed by atoms with Crippen molar-refractivity contribution in [2.75, 3.05) is 26.0 Å². The number of hydrogen-bond donors (Lipinski definition) is 0. The molecule has 4 rings (SSSR count). The second-order valence-electron chi connectivity index (χ2n) is 9.63. The number of hydrogen-bond acceptors (Lipinski definition) is 9. The van der Waals surface area contributed by atoms with Crippen LogP contribution in [0, 0.1) is 11.7 Å². The topological polar surface area (TPSA) is 121 Å². The Balaban J connectivity index is 1.42. The third-order valence-electron chi connectivity index (χ3n) is 5.60. The minimum Gasteiger partial charge on any atom is -0.444 e. The normalized spacial score (nSPS) is 23.7. The molecule has 12 heteroatoms. The highest BCUT2D eigenvalue weighted by Crippen LogP contribution is 2.34. The zero-order chi connectivity index (χ0) is 24.8. The third kappa shape index (κ3) is 5.23. The van der Waals surface area contributed by atoms with Crippen molar-refractivity contribution in [1.82, 2.24) is 15.0 Å².